The van der Waals surface area contributed by atoms with Crippen LogP contribution in [0.1, 0.15) is 224 Å². The summed E-state index contributed by atoms with van der Waals surface area (Å²) in [7, 11) is 0. The van der Waals surface area contributed by atoms with Gasteiger partial charge in [0, 0.05) is 37.7 Å². The average molecular weight is 1530 g/mol. The standard InChI is InChI=1S/C22H27NO3.C19H23NO3.C18H16FNO3.C16H19NO3.C16H21NO3/c24-20-6-5-19(20)23-21(25)26-13-14-1-3-18(4-2-14)22-10-15-7-16(11-22)9-17(8-15)12-22;21-18-8-7-17(18)20-19(22)23-11-12-1-4-14(5-2-12)16-10-13-3-6-15(16)9-13;19-15-10-12(6-7-14(15)13-4-2-1-3-5-13)11-23-18(22)20-16-8-9-17(16)21;18-15-8-7-14(15)17-16(19)20-10-11-5-6-12-3-1-2-4-13(12)9-11;1-16(2,3)12-6-4-11(5-7-12)10-20-15(19)17-13-8-9-14(13)18/h1-4,15-17,19H,5-13H2,(H,23,25);1-2,4-5,13,15-17H,3,6-11H2,(H,20,22);1-7,10,16H,8-9,11H2,(H,20,22);5-6,9,14H,1-4,7-8,10H2,(H,17,19);4-7,13H,8-10H2,1-3H3,(H,17,19)/t15?,16?,17?,19-,22?;13?,15?,16?,17-;16-;14-;13-/m00000/s1. The number of halogens is 1. The lowest BCUT2D eigenvalue weighted by atomic mass is 9.48. The van der Waals surface area contributed by atoms with E-state index >= 15 is 0 Å². The predicted octanol–water partition coefficient (Wildman–Crippen LogP) is 16.6. The number of alkyl carbamates (subject to hydrolysis) is 5. The van der Waals surface area contributed by atoms with Crippen molar-refractivity contribution in [2.75, 3.05) is 0 Å². The first-order valence-electron chi connectivity index (χ1n) is 40.5. The van der Waals surface area contributed by atoms with Crippen LogP contribution in [0.4, 0.5) is 28.4 Å². The van der Waals surface area contributed by atoms with Crippen LogP contribution in [0, 0.1) is 35.4 Å². The van der Waals surface area contributed by atoms with Gasteiger partial charge in [0.05, 0.1) is 30.2 Å². The maximum atomic E-state index is 14.2. The van der Waals surface area contributed by atoms with Crippen molar-refractivity contribution in [3.8, 4) is 11.1 Å². The van der Waals surface area contributed by atoms with Crippen LogP contribution in [0.15, 0.2) is 140 Å². The summed E-state index contributed by atoms with van der Waals surface area (Å²) in [5.74, 6) is 5.42. The summed E-state index contributed by atoms with van der Waals surface area (Å²) < 4.78 is 39.9. The number of ketones is 5. The predicted molar refractivity (Wildman–Crippen MR) is 418 cm³/mol. The molecule has 21 heteroatoms. The van der Waals surface area contributed by atoms with Gasteiger partial charge in [-0.1, -0.05) is 161 Å². The summed E-state index contributed by atoms with van der Waals surface area (Å²) in [6, 6.07) is 43.7. The zero-order valence-electron chi connectivity index (χ0n) is 64.6. The molecule has 0 aliphatic heterocycles. The third kappa shape index (κ3) is 21.2. The molecule has 12 aliphatic rings. The van der Waals surface area contributed by atoms with Crippen LogP contribution in [0.25, 0.3) is 11.1 Å². The van der Waals surface area contributed by atoms with E-state index in [4.69, 9.17) is 23.7 Å². The van der Waals surface area contributed by atoms with Crippen LogP contribution in [-0.4, -0.2) is 89.6 Å². The lowest BCUT2D eigenvalue weighted by Gasteiger charge is -2.57. The molecule has 11 saturated carbocycles. The van der Waals surface area contributed by atoms with Gasteiger partial charge in [0.15, 0.2) is 28.9 Å². The molecule has 3 unspecified atom stereocenters. The number of hydrogen-bond acceptors (Lipinski definition) is 15. The number of fused-ring (bicyclic) bond motifs is 3. The van der Waals surface area contributed by atoms with E-state index in [0.717, 1.165) is 95.4 Å². The van der Waals surface area contributed by atoms with E-state index in [2.05, 4.69) is 108 Å². The van der Waals surface area contributed by atoms with Crippen LogP contribution in [-0.2, 0) is 104 Å². The number of carbonyl (C=O) groups is 10. The van der Waals surface area contributed by atoms with E-state index in [-0.39, 0.29) is 97.4 Å². The summed E-state index contributed by atoms with van der Waals surface area (Å²) in [6.45, 7) is 7.41. The van der Waals surface area contributed by atoms with Crippen molar-refractivity contribution < 1.29 is 76.0 Å². The number of aryl methyl sites for hydroxylation is 2. The third-order valence-corrected chi connectivity index (χ3v) is 24.8. The summed E-state index contributed by atoms with van der Waals surface area (Å²) in [4.78, 5) is 114. The lowest BCUT2D eigenvalue weighted by Crippen LogP contribution is -2.48. The Morgan fingerprint density at radius 3 is 1.15 bits per heavy atom. The van der Waals surface area contributed by atoms with Crippen molar-refractivity contribution in [1.82, 2.24) is 26.6 Å². The van der Waals surface area contributed by atoms with Crippen LogP contribution in [0.3, 0.4) is 0 Å². The number of carbonyl (C=O) groups excluding carboxylic acids is 10. The fourth-order valence-corrected chi connectivity index (χ4v) is 17.9. The monoisotopic (exact) mass is 1530 g/mol. The Morgan fingerprint density at radius 2 is 0.777 bits per heavy atom. The number of amides is 5. The minimum atomic E-state index is -0.657. The highest BCUT2D eigenvalue weighted by Crippen LogP contribution is 2.61. The van der Waals surface area contributed by atoms with Gasteiger partial charge in [-0.15, -0.1) is 0 Å². The fourth-order valence-electron chi connectivity index (χ4n) is 17.9. The molecule has 18 rings (SSSR count). The SMILES string of the molecule is CC(C)(C)c1ccc(COC(=O)N[C@H]2CCC2=O)cc1.O=C(N[C@H]1CCC1=O)OCc1ccc(-c2ccccc2)c(F)c1.O=C(N[C@H]1CCC1=O)OCc1ccc(C23CC4CC(CC(C4)C2)C3)cc1.O=C(N[C@H]1CCC1=O)OCc1ccc(C2CC3CCC2C3)cc1.O=C(N[C@H]1CCC1=O)OCc1ccc2c(c1)CCCC2. The van der Waals surface area contributed by atoms with Crippen molar-refractivity contribution >= 4 is 59.4 Å². The minimum absolute atomic E-state index is 0.0141. The Hall–Kier alpha value is -10.1. The normalized spacial score (nSPS) is 25.6. The van der Waals surface area contributed by atoms with Crippen LogP contribution in [0.5, 0.6) is 0 Å². The number of Topliss-reactive ketones (excluding diaryl/α,β-unsaturated/α-hetero) is 5. The largest absolute Gasteiger partial charge is 0.445 e. The van der Waals surface area contributed by atoms with Crippen molar-refractivity contribution in [3.05, 3.63) is 201 Å². The van der Waals surface area contributed by atoms with Gasteiger partial charge in [-0.3, -0.25) is 24.0 Å². The van der Waals surface area contributed by atoms with E-state index in [1.165, 1.54) is 111 Å². The molecule has 592 valence electrons. The smallest absolute Gasteiger partial charge is 0.408 e. The molecule has 6 bridgehead atoms. The highest BCUT2D eigenvalue weighted by molar-refractivity contribution is 5.94. The molecule has 20 nitrogen and oxygen atoms in total. The molecule has 5 N–H and O–H groups in total. The zero-order valence-corrected chi connectivity index (χ0v) is 64.6. The molecule has 0 aromatic heterocycles. The van der Waals surface area contributed by atoms with Crippen molar-refractivity contribution in [2.24, 2.45) is 29.6 Å². The van der Waals surface area contributed by atoms with Crippen LogP contribution in [0.2, 0.25) is 0 Å². The fraction of sp³-hybridized carbons (Fsp3) is 0.495. The average Bonchev–Trinajstić information content (AvgIpc) is 0.949. The Balaban J connectivity index is 0.000000123. The van der Waals surface area contributed by atoms with Gasteiger partial charge < -0.3 is 50.3 Å². The molecule has 6 aromatic carbocycles. The van der Waals surface area contributed by atoms with E-state index in [0.29, 0.717) is 61.5 Å². The molecule has 11 fully saturated rings. The number of rotatable bonds is 18. The second kappa shape index (κ2) is 36.6. The Bertz CT molecular complexity index is 4350. The lowest BCUT2D eigenvalue weighted by molar-refractivity contribution is -0.127. The summed E-state index contributed by atoms with van der Waals surface area (Å²) in [5, 5.41) is 12.9. The van der Waals surface area contributed by atoms with E-state index in [1.54, 1.807) is 12.1 Å². The Labute approximate surface area is 655 Å². The highest BCUT2D eigenvalue weighted by atomic mass is 19.1. The Morgan fingerprint density at radius 1 is 0.393 bits per heavy atom. The van der Waals surface area contributed by atoms with Crippen LogP contribution < -0.4 is 26.6 Å². The summed E-state index contributed by atoms with van der Waals surface area (Å²) in [5.41, 5.74) is 13.3. The van der Waals surface area contributed by atoms with E-state index in [1.807, 2.05) is 60.7 Å². The number of nitrogens with one attached hydrogen (secondary N) is 5. The van der Waals surface area contributed by atoms with Gasteiger partial charge in [0.1, 0.15) is 38.9 Å². The molecule has 5 amide bonds. The first-order chi connectivity index (χ1) is 54.0. The molecule has 6 aromatic rings. The molecule has 112 heavy (non-hydrogen) atoms. The molecular formula is C91H106FN5O15. The first kappa shape index (κ1) is 80.0. The number of ether oxygens (including phenoxy) is 5. The molecule has 0 radical (unpaired) electrons. The molecule has 12 aliphatic carbocycles. The van der Waals surface area contributed by atoms with Crippen molar-refractivity contribution in [1.29, 1.82) is 0 Å². The first-order valence-corrected chi connectivity index (χ1v) is 40.5. The van der Waals surface area contributed by atoms with Crippen molar-refractivity contribution in [3.63, 3.8) is 0 Å². The third-order valence-electron chi connectivity index (χ3n) is 24.8. The molecule has 0 saturated heterocycles. The van der Waals surface area contributed by atoms with E-state index < -0.39 is 36.5 Å². The summed E-state index contributed by atoms with van der Waals surface area (Å²) >= 11 is 0. The van der Waals surface area contributed by atoms with Gasteiger partial charge in [0.25, 0.3) is 0 Å². The summed E-state index contributed by atoms with van der Waals surface area (Å²) in [6.07, 6.45) is 22.5. The van der Waals surface area contributed by atoms with Gasteiger partial charge in [-0.2, -0.15) is 0 Å². The van der Waals surface area contributed by atoms with Gasteiger partial charge >= 0.3 is 30.5 Å². The second-order valence-corrected chi connectivity index (χ2v) is 33.7. The second-order valence-electron chi connectivity index (χ2n) is 33.7. The number of hydrogen-bond donors (Lipinski definition) is 5. The van der Waals surface area contributed by atoms with Gasteiger partial charge in [0.2, 0.25) is 0 Å². The highest BCUT2D eigenvalue weighted by Gasteiger charge is 2.52. The maximum Gasteiger partial charge on any atom is 0.408 e. The zero-order chi connectivity index (χ0) is 78.5. The van der Waals surface area contributed by atoms with Crippen LogP contribution >= 0.6 is 0 Å². The molecule has 0 heterocycles. The minimum Gasteiger partial charge on any atom is -0.445 e. The van der Waals surface area contributed by atoms with Gasteiger partial charge in [-0.05, 0) is 229 Å². The van der Waals surface area contributed by atoms with E-state index in [9.17, 15) is 52.3 Å². The van der Waals surface area contributed by atoms with Crippen molar-refractivity contribution in [2.45, 2.75) is 255 Å². The Kier molecular flexibility index (Phi) is 26.2. The number of benzene rings is 6. The maximum absolute atomic E-state index is 14.2. The molecule has 0 spiro atoms. The molecule has 8 atom stereocenters. The quantitative estimate of drug-likeness (QED) is 0.0500. The van der Waals surface area contributed by atoms with Gasteiger partial charge in [-0.25, -0.2) is 28.4 Å². The topological polar surface area (TPSA) is 277 Å². The molecular weight excluding hydrogens is 1420 g/mol.